The molecule has 0 atom stereocenters. The number of nitrogens with zero attached hydrogens (tertiary/aromatic N) is 2. The number of hydrogen-bond donors (Lipinski definition) is 0. The minimum Gasteiger partial charge on any atom is -0.368 e. The number of piperazine rings is 1. The Labute approximate surface area is 138 Å². The van der Waals surface area contributed by atoms with E-state index in [0.29, 0.717) is 0 Å². The zero-order valence-corrected chi connectivity index (χ0v) is 13.7. The Bertz CT molecular complexity index is 628. The van der Waals surface area contributed by atoms with Crippen LogP contribution < -0.4 is 4.90 Å². The van der Waals surface area contributed by atoms with Crippen molar-refractivity contribution in [3.63, 3.8) is 0 Å². The first-order valence-electron chi connectivity index (χ1n) is 8.36. The van der Waals surface area contributed by atoms with Crippen LogP contribution in [0, 0.1) is 0 Å². The molecule has 0 saturated carbocycles. The molecule has 1 heterocycles. The third kappa shape index (κ3) is 4.13. The molecule has 2 aromatic carbocycles. The van der Waals surface area contributed by atoms with Crippen LogP contribution >= 0.6 is 0 Å². The second kappa shape index (κ2) is 7.32. The molecule has 1 saturated heterocycles. The van der Waals surface area contributed by atoms with Gasteiger partial charge in [-0.05, 0) is 36.1 Å². The lowest BCUT2D eigenvalue weighted by atomic mass is 10.0. The fraction of sp³-hybridized carbons (Fsp3) is 0.350. The molecular formula is C20H24N2O. The molecule has 1 fully saturated rings. The Morgan fingerprint density at radius 1 is 0.826 bits per heavy atom. The summed E-state index contributed by atoms with van der Waals surface area (Å²) >= 11 is 0. The van der Waals surface area contributed by atoms with Crippen LogP contribution in [0.15, 0.2) is 54.6 Å². The van der Waals surface area contributed by atoms with Gasteiger partial charge in [0.05, 0.1) is 0 Å². The van der Waals surface area contributed by atoms with Gasteiger partial charge in [-0.15, -0.1) is 0 Å². The highest BCUT2D eigenvalue weighted by Gasteiger charge is 2.18. The van der Waals surface area contributed by atoms with Gasteiger partial charge in [-0.3, -0.25) is 4.79 Å². The van der Waals surface area contributed by atoms with Crippen molar-refractivity contribution >= 4 is 11.6 Å². The van der Waals surface area contributed by atoms with Crippen LogP contribution in [0.2, 0.25) is 0 Å². The summed E-state index contributed by atoms with van der Waals surface area (Å²) in [5.74, 6) is 0.181. The number of anilines is 1. The molecular weight excluding hydrogens is 284 g/mol. The second-order valence-electron chi connectivity index (χ2n) is 6.15. The lowest BCUT2D eigenvalue weighted by Crippen LogP contribution is -2.48. The van der Waals surface area contributed by atoms with Crippen molar-refractivity contribution in [1.82, 2.24) is 4.90 Å². The number of aryl methyl sites for hydroxylation is 2. The first kappa shape index (κ1) is 15.6. The van der Waals surface area contributed by atoms with Crippen LogP contribution in [-0.4, -0.2) is 37.0 Å². The average molecular weight is 308 g/mol. The predicted octanol–water partition coefficient (Wildman–Crippen LogP) is 3.14. The molecule has 0 spiro atoms. The van der Waals surface area contributed by atoms with Crippen LogP contribution in [0.5, 0.6) is 0 Å². The van der Waals surface area contributed by atoms with Crippen LogP contribution in [-0.2, 0) is 17.6 Å². The molecule has 1 aliphatic heterocycles. The number of carbonyl (C=O) groups excluding carboxylic acids is 1. The summed E-state index contributed by atoms with van der Waals surface area (Å²) in [5.41, 5.74) is 4.02. The summed E-state index contributed by atoms with van der Waals surface area (Å²) in [6.07, 6.45) is 2.15. The molecule has 0 N–H and O–H groups in total. The van der Waals surface area contributed by atoms with Crippen molar-refractivity contribution in [3.05, 3.63) is 65.7 Å². The summed E-state index contributed by atoms with van der Waals surface area (Å²) in [7, 11) is 0. The van der Waals surface area contributed by atoms with E-state index in [-0.39, 0.29) is 5.91 Å². The topological polar surface area (TPSA) is 23.6 Å². The van der Waals surface area contributed by atoms with Crippen molar-refractivity contribution in [3.8, 4) is 0 Å². The summed E-state index contributed by atoms with van der Waals surface area (Å²) in [6.45, 7) is 5.14. The Balaban J connectivity index is 1.54. The molecule has 0 unspecified atom stereocenters. The molecule has 0 radical (unpaired) electrons. The van der Waals surface area contributed by atoms with E-state index in [1.165, 1.54) is 16.8 Å². The van der Waals surface area contributed by atoms with E-state index < -0.39 is 0 Å². The Hall–Kier alpha value is -2.29. The lowest BCUT2D eigenvalue weighted by molar-refractivity contribution is -0.129. The Morgan fingerprint density at radius 2 is 1.39 bits per heavy atom. The van der Waals surface area contributed by atoms with E-state index in [1.54, 1.807) is 6.92 Å². The normalized spacial score (nSPS) is 14.8. The van der Waals surface area contributed by atoms with E-state index >= 15 is 0 Å². The molecule has 3 heteroatoms. The maximum atomic E-state index is 11.4. The summed E-state index contributed by atoms with van der Waals surface area (Å²) < 4.78 is 0. The third-order valence-corrected chi connectivity index (χ3v) is 4.57. The molecule has 0 aromatic heterocycles. The number of amides is 1. The van der Waals surface area contributed by atoms with E-state index in [4.69, 9.17) is 0 Å². The molecule has 3 rings (SSSR count). The molecule has 2 aromatic rings. The van der Waals surface area contributed by atoms with Gasteiger partial charge in [0.1, 0.15) is 0 Å². The molecule has 1 amide bonds. The minimum absolute atomic E-state index is 0.181. The highest BCUT2D eigenvalue weighted by molar-refractivity contribution is 5.73. The Morgan fingerprint density at radius 3 is 1.96 bits per heavy atom. The van der Waals surface area contributed by atoms with Gasteiger partial charge >= 0.3 is 0 Å². The molecule has 23 heavy (non-hydrogen) atoms. The third-order valence-electron chi connectivity index (χ3n) is 4.57. The van der Waals surface area contributed by atoms with Gasteiger partial charge in [-0.1, -0.05) is 42.5 Å². The van der Waals surface area contributed by atoms with Gasteiger partial charge in [0.2, 0.25) is 5.91 Å². The van der Waals surface area contributed by atoms with Crippen molar-refractivity contribution in [1.29, 1.82) is 0 Å². The fourth-order valence-electron chi connectivity index (χ4n) is 3.09. The van der Waals surface area contributed by atoms with Crippen molar-refractivity contribution in [2.45, 2.75) is 19.8 Å². The number of rotatable bonds is 4. The second-order valence-corrected chi connectivity index (χ2v) is 6.15. The van der Waals surface area contributed by atoms with Gasteiger partial charge in [0.25, 0.3) is 0 Å². The van der Waals surface area contributed by atoms with Crippen LogP contribution in [0.1, 0.15) is 18.1 Å². The van der Waals surface area contributed by atoms with E-state index in [9.17, 15) is 4.79 Å². The maximum Gasteiger partial charge on any atom is 0.219 e. The minimum atomic E-state index is 0.181. The monoisotopic (exact) mass is 308 g/mol. The average Bonchev–Trinajstić information content (AvgIpc) is 2.61. The maximum absolute atomic E-state index is 11.4. The fourth-order valence-corrected chi connectivity index (χ4v) is 3.09. The number of hydrogen-bond acceptors (Lipinski definition) is 2. The van der Waals surface area contributed by atoms with Gasteiger partial charge in [0.15, 0.2) is 0 Å². The van der Waals surface area contributed by atoms with Crippen LogP contribution in [0.3, 0.4) is 0 Å². The molecule has 0 aliphatic carbocycles. The molecule has 1 aliphatic rings. The van der Waals surface area contributed by atoms with Crippen molar-refractivity contribution < 1.29 is 4.79 Å². The van der Waals surface area contributed by atoms with Gasteiger partial charge < -0.3 is 9.80 Å². The van der Waals surface area contributed by atoms with Gasteiger partial charge in [-0.25, -0.2) is 0 Å². The molecule has 120 valence electrons. The summed E-state index contributed by atoms with van der Waals surface area (Å²) in [4.78, 5) is 15.7. The van der Waals surface area contributed by atoms with Crippen molar-refractivity contribution in [2.24, 2.45) is 0 Å². The number of benzene rings is 2. The summed E-state index contributed by atoms with van der Waals surface area (Å²) in [5, 5.41) is 0. The highest BCUT2D eigenvalue weighted by atomic mass is 16.2. The first-order chi connectivity index (χ1) is 11.2. The predicted molar refractivity (Wildman–Crippen MR) is 94.8 cm³/mol. The molecule has 3 nitrogen and oxygen atoms in total. The largest absolute Gasteiger partial charge is 0.368 e. The van der Waals surface area contributed by atoms with E-state index in [1.807, 2.05) is 4.90 Å². The SMILES string of the molecule is CC(=O)N1CCN(c2ccc(CCc3ccccc3)cc2)CC1. The lowest BCUT2D eigenvalue weighted by Gasteiger charge is -2.35. The molecule has 0 bridgehead atoms. The van der Waals surface area contributed by atoms with E-state index in [2.05, 4.69) is 59.5 Å². The smallest absolute Gasteiger partial charge is 0.219 e. The van der Waals surface area contributed by atoms with Gasteiger partial charge in [-0.2, -0.15) is 0 Å². The van der Waals surface area contributed by atoms with Crippen LogP contribution in [0.4, 0.5) is 5.69 Å². The summed E-state index contributed by atoms with van der Waals surface area (Å²) in [6, 6.07) is 19.5. The Kier molecular flexibility index (Phi) is 4.96. The number of carbonyl (C=O) groups is 1. The van der Waals surface area contributed by atoms with Crippen molar-refractivity contribution in [2.75, 3.05) is 31.1 Å². The van der Waals surface area contributed by atoms with E-state index in [0.717, 1.165) is 39.0 Å². The standard InChI is InChI=1S/C20H24N2O/c1-17(23)21-13-15-22(16-14-21)20-11-9-19(10-12-20)8-7-18-5-3-2-4-6-18/h2-6,9-12H,7-8,13-16H2,1H3. The van der Waals surface area contributed by atoms with Gasteiger partial charge in [0, 0.05) is 38.8 Å². The highest BCUT2D eigenvalue weighted by Crippen LogP contribution is 2.18. The van der Waals surface area contributed by atoms with Crippen LogP contribution in [0.25, 0.3) is 0 Å². The first-order valence-corrected chi connectivity index (χ1v) is 8.36. The quantitative estimate of drug-likeness (QED) is 0.866. The zero-order chi connectivity index (χ0) is 16.1. The zero-order valence-electron chi connectivity index (χ0n) is 13.7.